The lowest BCUT2D eigenvalue weighted by molar-refractivity contribution is -0.121. The Kier molecular flexibility index (Phi) is 7.14. The molecule has 1 aromatic heterocycles. The minimum atomic E-state index is -0.142. The minimum Gasteiger partial charge on any atom is -0.396 e. The van der Waals surface area contributed by atoms with Crippen LogP contribution in [0.5, 0.6) is 0 Å². The van der Waals surface area contributed by atoms with Gasteiger partial charge in [-0.15, -0.1) is 11.3 Å². The molecule has 5 nitrogen and oxygen atoms in total. The summed E-state index contributed by atoms with van der Waals surface area (Å²) >= 11 is 1.37. The van der Waals surface area contributed by atoms with Crippen LogP contribution >= 0.6 is 11.3 Å². The Morgan fingerprint density at radius 1 is 1.47 bits per heavy atom. The number of rotatable bonds is 8. The maximum Gasteiger partial charge on any atom is 0.261 e. The average Bonchev–Trinajstić information content (AvgIpc) is 2.90. The van der Waals surface area contributed by atoms with E-state index < -0.39 is 0 Å². The van der Waals surface area contributed by atoms with Crippen LogP contribution in [0.25, 0.3) is 0 Å². The van der Waals surface area contributed by atoms with Crippen molar-refractivity contribution in [2.45, 2.75) is 32.2 Å². The molecule has 0 aliphatic carbocycles. The van der Waals surface area contributed by atoms with Gasteiger partial charge in [0.25, 0.3) is 5.91 Å². The molecular weight excluding hydrogens is 264 g/mol. The summed E-state index contributed by atoms with van der Waals surface area (Å²) in [4.78, 5) is 23.8. The smallest absolute Gasteiger partial charge is 0.261 e. The molecule has 1 heterocycles. The summed E-state index contributed by atoms with van der Waals surface area (Å²) in [6.45, 7) is 2.37. The highest BCUT2D eigenvalue weighted by Gasteiger charge is 2.09. The lowest BCUT2D eigenvalue weighted by Crippen LogP contribution is -2.35. The molecule has 0 aromatic carbocycles. The highest BCUT2D eigenvalue weighted by Crippen LogP contribution is 2.07. The maximum absolute atomic E-state index is 11.6. The Bertz CT molecular complexity index is 393. The summed E-state index contributed by atoms with van der Waals surface area (Å²) in [7, 11) is 0. The van der Waals surface area contributed by atoms with Gasteiger partial charge in [-0.1, -0.05) is 6.07 Å². The zero-order chi connectivity index (χ0) is 14.1. The summed E-state index contributed by atoms with van der Waals surface area (Å²) in [6, 6.07) is 3.61. The number of carbonyl (C=O) groups excluding carboxylic acids is 2. The SMILES string of the molecule is CC(CCCO)NC(=O)CCNC(=O)c1cccs1. The van der Waals surface area contributed by atoms with Gasteiger partial charge in [-0.25, -0.2) is 0 Å². The number of nitrogens with one attached hydrogen (secondary N) is 2. The summed E-state index contributed by atoms with van der Waals surface area (Å²) in [5.41, 5.74) is 0. The topological polar surface area (TPSA) is 78.4 Å². The predicted octanol–water partition coefficient (Wildman–Crippen LogP) is 1.15. The molecule has 19 heavy (non-hydrogen) atoms. The fourth-order valence-electron chi connectivity index (χ4n) is 1.60. The van der Waals surface area contributed by atoms with Crippen molar-refractivity contribution >= 4 is 23.2 Å². The molecule has 0 spiro atoms. The fraction of sp³-hybridized carbons (Fsp3) is 0.538. The van der Waals surface area contributed by atoms with Crippen LogP contribution in [0, 0.1) is 0 Å². The van der Waals surface area contributed by atoms with Crippen molar-refractivity contribution in [3.63, 3.8) is 0 Å². The number of aliphatic hydroxyl groups excluding tert-OH is 1. The summed E-state index contributed by atoms with van der Waals surface area (Å²) in [6.07, 6.45) is 1.70. The molecule has 0 aliphatic rings. The van der Waals surface area contributed by atoms with E-state index in [1.807, 2.05) is 18.4 Å². The molecule has 0 radical (unpaired) electrons. The summed E-state index contributed by atoms with van der Waals surface area (Å²) < 4.78 is 0. The predicted molar refractivity (Wildman–Crippen MR) is 75.2 cm³/mol. The Morgan fingerprint density at radius 2 is 2.26 bits per heavy atom. The van der Waals surface area contributed by atoms with Gasteiger partial charge < -0.3 is 15.7 Å². The van der Waals surface area contributed by atoms with Crippen LogP contribution < -0.4 is 10.6 Å². The van der Waals surface area contributed by atoms with Crippen molar-refractivity contribution in [1.82, 2.24) is 10.6 Å². The first kappa shape index (κ1) is 15.7. The van der Waals surface area contributed by atoms with Crippen LogP contribution in [0.15, 0.2) is 17.5 Å². The van der Waals surface area contributed by atoms with Crippen LogP contribution in [-0.2, 0) is 4.79 Å². The van der Waals surface area contributed by atoms with E-state index in [0.29, 0.717) is 17.8 Å². The first-order valence-corrected chi connectivity index (χ1v) is 7.23. The van der Waals surface area contributed by atoms with E-state index in [1.54, 1.807) is 6.07 Å². The van der Waals surface area contributed by atoms with Crippen molar-refractivity contribution in [3.05, 3.63) is 22.4 Å². The molecule has 6 heteroatoms. The molecule has 2 amide bonds. The van der Waals surface area contributed by atoms with E-state index in [1.165, 1.54) is 11.3 Å². The van der Waals surface area contributed by atoms with Gasteiger partial charge in [-0.05, 0) is 31.2 Å². The number of hydrogen-bond acceptors (Lipinski definition) is 4. The van der Waals surface area contributed by atoms with Crippen molar-refractivity contribution in [3.8, 4) is 0 Å². The molecular formula is C13H20N2O3S. The standard InChI is InChI=1S/C13H20N2O3S/c1-10(4-2-8-16)15-12(17)6-7-14-13(18)11-5-3-9-19-11/h3,5,9-10,16H,2,4,6-8H2,1H3,(H,14,18)(H,15,17). The zero-order valence-corrected chi connectivity index (χ0v) is 11.8. The molecule has 0 aliphatic heterocycles. The van der Waals surface area contributed by atoms with Crippen LogP contribution in [0.4, 0.5) is 0 Å². The maximum atomic E-state index is 11.6. The lowest BCUT2D eigenvalue weighted by Gasteiger charge is -2.13. The second kappa shape index (κ2) is 8.66. The van der Waals surface area contributed by atoms with Gasteiger partial charge in [0.05, 0.1) is 4.88 Å². The summed E-state index contributed by atoms with van der Waals surface area (Å²) in [5.74, 6) is -0.229. The van der Waals surface area contributed by atoms with Gasteiger partial charge in [0, 0.05) is 25.6 Å². The number of thiophene rings is 1. The molecule has 3 N–H and O–H groups in total. The van der Waals surface area contributed by atoms with Crippen LogP contribution in [0.2, 0.25) is 0 Å². The molecule has 106 valence electrons. The van der Waals surface area contributed by atoms with Gasteiger partial charge in [0.2, 0.25) is 5.91 Å². The Morgan fingerprint density at radius 3 is 2.89 bits per heavy atom. The molecule has 1 aromatic rings. The minimum absolute atomic E-state index is 0.0487. The van der Waals surface area contributed by atoms with Crippen LogP contribution in [-0.4, -0.2) is 36.1 Å². The Balaban J connectivity index is 2.15. The fourth-order valence-corrected chi connectivity index (χ4v) is 2.24. The van der Waals surface area contributed by atoms with E-state index in [9.17, 15) is 9.59 Å². The van der Waals surface area contributed by atoms with E-state index >= 15 is 0 Å². The van der Waals surface area contributed by atoms with E-state index in [0.717, 1.165) is 6.42 Å². The molecule has 0 fully saturated rings. The van der Waals surface area contributed by atoms with Gasteiger partial charge in [0.1, 0.15) is 0 Å². The van der Waals surface area contributed by atoms with Gasteiger partial charge in [0.15, 0.2) is 0 Å². The van der Waals surface area contributed by atoms with E-state index in [-0.39, 0.29) is 30.9 Å². The first-order chi connectivity index (χ1) is 9.13. The molecule has 0 saturated carbocycles. The third-order valence-electron chi connectivity index (χ3n) is 2.59. The highest BCUT2D eigenvalue weighted by molar-refractivity contribution is 7.12. The second-order valence-corrected chi connectivity index (χ2v) is 5.27. The highest BCUT2D eigenvalue weighted by atomic mass is 32.1. The average molecular weight is 284 g/mol. The van der Waals surface area contributed by atoms with Gasteiger partial charge in [-0.3, -0.25) is 9.59 Å². The van der Waals surface area contributed by atoms with Crippen molar-refractivity contribution in [2.24, 2.45) is 0 Å². The number of aliphatic hydroxyl groups is 1. The van der Waals surface area contributed by atoms with Gasteiger partial charge in [-0.2, -0.15) is 0 Å². The van der Waals surface area contributed by atoms with Crippen molar-refractivity contribution < 1.29 is 14.7 Å². The third-order valence-corrected chi connectivity index (χ3v) is 3.45. The molecule has 1 unspecified atom stereocenters. The quantitative estimate of drug-likeness (QED) is 0.670. The molecule has 1 atom stereocenters. The number of amides is 2. The number of hydrogen-bond donors (Lipinski definition) is 3. The van der Waals surface area contributed by atoms with Crippen molar-refractivity contribution in [2.75, 3.05) is 13.2 Å². The van der Waals surface area contributed by atoms with Crippen molar-refractivity contribution in [1.29, 1.82) is 0 Å². The van der Waals surface area contributed by atoms with Crippen LogP contribution in [0.3, 0.4) is 0 Å². The molecule has 0 saturated heterocycles. The van der Waals surface area contributed by atoms with E-state index in [2.05, 4.69) is 10.6 Å². The normalized spacial score (nSPS) is 11.9. The molecule has 0 bridgehead atoms. The molecule has 1 rings (SSSR count). The monoisotopic (exact) mass is 284 g/mol. The van der Waals surface area contributed by atoms with Crippen LogP contribution in [0.1, 0.15) is 35.9 Å². The first-order valence-electron chi connectivity index (χ1n) is 6.35. The number of carbonyl (C=O) groups is 2. The third kappa shape index (κ3) is 6.35. The van der Waals surface area contributed by atoms with E-state index in [4.69, 9.17) is 5.11 Å². The second-order valence-electron chi connectivity index (χ2n) is 4.32. The zero-order valence-electron chi connectivity index (χ0n) is 11.0. The Labute approximate surface area is 117 Å². The lowest BCUT2D eigenvalue weighted by atomic mass is 10.2. The Hall–Kier alpha value is -1.40. The summed E-state index contributed by atoms with van der Waals surface area (Å²) in [5, 5.41) is 16.0. The van der Waals surface area contributed by atoms with Gasteiger partial charge >= 0.3 is 0 Å². The largest absolute Gasteiger partial charge is 0.396 e.